The highest BCUT2D eigenvalue weighted by Gasteiger charge is 2.37. The summed E-state index contributed by atoms with van der Waals surface area (Å²) in [5.74, 6) is -0.234. The zero-order chi connectivity index (χ0) is 19.7. The third kappa shape index (κ3) is 1.55. The number of aliphatic imine (C=N–C) groups is 1. The van der Waals surface area contributed by atoms with E-state index in [2.05, 4.69) is 38.4 Å². The number of carbonyl (C=O) groups excluding carboxylic acids is 2. The molecule has 0 unspecified atom stereocenters. The average Bonchev–Trinajstić information content (AvgIpc) is 3.38. The maximum Gasteiger partial charge on any atom is 0.173 e. The molecule has 5 aliphatic rings. The lowest BCUT2D eigenvalue weighted by atomic mass is 9.93. The standard InChI is InChI=1S/C24H15N3O3/c28-11-6-17-22(18(29)7-11)21-15-10-25-9-14(15)20-13-4-3-12-8-16(13)27-19(30-12)2-1-5-26(17)23(21)24(20)27/h1-4,6,9-10,12,19H,5,7-8H2/b2-1-/t12-,19-/m1/s1. The summed E-state index contributed by atoms with van der Waals surface area (Å²) in [5, 5.41) is 3.80. The first-order valence-electron chi connectivity index (χ1n) is 10.3. The van der Waals surface area contributed by atoms with Gasteiger partial charge in [0.15, 0.2) is 17.8 Å². The third-order valence-electron chi connectivity index (χ3n) is 7.05. The predicted octanol–water partition coefficient (Wildman–Crippen LogP) is 1.74. The van der Waals surface area contributed by atoms with Gasteiger partial charge in [-0.3, -0.25) is 14.6 Å². The van der Waals surface area contributed by atoms with Gasteiger partial charge >= 0.3 is 0 Å². The summed E-state index contributed by atoms with van der Waals surface area (Å²) in [6, 6.07) is 0. The summed E-state index contributed by atoms with van der Waals surface area (Å²) >= 11 is 0. The summed E-state index contributed by atoms with van der Waals surface area (Å²) in [7, 11) is 0. The molecule has 0 saturated heterocycles. The molecule has 30 heavy (non-hydrogen) atoms. The van der Waals surface area contributed by atoms with Crippen LogP contribution in [0.3, 0.4) is 0 Å². The van der Waals surface area contributed by atoms with E-state index >= 15 is 0 Å². The molecule has 2 aromatic heterocycles. The third-order valence-corrected chi connectivity index (χ3v) is 7.05. The highest BCUT2D eigenvalue weighted by molar-refractivity contribution is 6.28. The maximum atomic E-state index is 13.1. The first-order valence-corrected chi connectivity index (χ1v) is 10.3. The number of fused-ring (bicyclic) bond motifs is 8. The minimum Gasteiger partial charge on any atom is -0.347 e. The number of aromatic nitrogens is 2. The van der Waals surface area contributed by atoms with Crippen molar-refractivity contribution < 1.29 is 14.3 Å². The number of Topliss-reactive ketones (excluding diaryl/α,β-unsaturated/α-hetero) is 2. The van der Waals surface area contributed by atoms with Gasteiger partial charge in [-0.2, -0.15) is 0 Å². The fourth-order valence-corrected chi connectivity index (χ4v) is 5.98. The Labute approximate surface area is 169 Å². The molecule has 0 N–H and O–H groups in total. The zero-order valence-electron chi connectivity index (χ0n) is 15.9. The Bertz CT molecular complexity index is 1640. The molecule has 144 valence electrons. The van der Waals surface area contributed by atoms with Gasteiger partial charge in [0.05, 0.1) is 34.5 Å². The number of hydrogen-bond donors (Lipinski definition) is 0. The van der Waals surface area contributed by atoms with Crippen LogP contribution >= 0.6 is 0 Å². The first kappa shape index (κ1) is 15.3. The minimum absolute atomic E-state index is 0.0662. The van der Waals surface area contributed by atoms with Gasteiger partial charge in [0, 0.05) is 64.3 Å². The van der Waals surface area contributed by atoms with E-state index in [1.54, 1.807) is 6.08 Å². The van der Waals surface area contributed by atoms with Crippen molar-refractivity contribution in [1.29, 1.82) is 0 Å². The number of allylic oxidation sites excluding steroid dienone is 1. The monoisotopic (exact) mass is 393 g/mol. The molecular formula is C24H15N3O3. The summed E-state index contributed by atoms with van der Waals surface area (Å²) < 4.78 is 10.8. The molecule has 0 radical (unpaired) electrons. The van der Waals surface area contributed by atoms with Crippen LogP contribution in [0.4, 0.5) is 0 Å². The lowest BCUT2D eigenvalue weighted by molar-refractivity contribution is -0.112. The van der Waals surface area contributed by atoms with Gasteiger partial charge < -0.3 is 13.9 Å². The molecule has 2 aliphatic carbocycles. The van der Waals surface area contributed by atoms with Gasteiger partial charge in [0.1, 0.15) is 0 Å². The summed E-state index contributed by atoms with van der Waals surface area (Å²) in [4.78, 5) is 29.8. The average molecular weight is 393 g/mol. The quantitative estimate of drug-likeness (QED) is 0.432. The van der Waals surface area contributed by atoms with Crippen LogP contribution in [0.25, 0.3) is 40.2 Å². The molecule has 0 spiro atoms. The molecule has 5 heterocycles. The lowest BCUT2D eigenvalue weighted by Crippen LogP contribution is -2.31. The largest absolute Gasteiger partial charge is 0.347 e. The minimum atomic E-state index is -0.175. The number of benzene rings is 1. The number of carbonyl (C=O) groups is 2. The van der Waals surface area contributed by atoms with Crippen molar-refractivity contribution >= 4 is 57.9 Å². The van der Waals surface area contributed by atoms with Gasteiger partial charge in [-0.1, -0.05) is 18.2 Å². The topological polar surface area (TPSA) is 65.6 Å². The van der Waals surface area contributed by atoms with Crippen LogP contribution in [-0.2, 0) is 22.5 Å². The van der Waals surface area contributed by atoms with E-state index in [0.29, 0.717) is 12.1 Å². The Kier molecular flexibility index (Phi) is 2.45. The van der Waals surface area contributed by atoms with E-state index in [4.69, 9.17) is 4.74 Å². The number of hydrogen-bond acceptors (Lipinski definition) is 4. The van der Waals surface area contributed by atoms with Gasteiger partial charge in [-0.25, -0.2) is 0 Å². The van der Waals surface area contributed by atoms with Gasteiger partial charge in [0.25, 0.3) is 0 Å². The second-order valence-electron chi connectivity index (χ2n) is 8.55. The SMILES string of the molecule is O=C1C=c2c(c3c4c(c5c6c7n8c5c3n2C/C=C\[C@H]8O[C@H](C=C6)C7)C=NC=4)C(=O)C1. The van der Waals surface area contributed by atoms with Crippen LogP contribution in [0, 0.1) is 0 Å². The molecule has 2 bridgehead atoms. The number of ketones is 2. The van der Waals surface area contributed by atoms with Crippen LogP contribution in [0.5, 0.6) is 0 Å². The lowest BCUT2D eigenvalue weighted by Gasteiger charge is -2.33. The summed E-state index contributed by atoms with van der Waals surface area (Å²) in [5.41, 5.74) is 6.31. The molecule has 6 nitrogen and oxygen atoms in total. The fourth-order valence-electron chi connectivity index (χ4n) is 5.98. The Morgan fingerprint density at radius 2 is 2.03 bits per heavy atom. The molecule has 2 atom stereocenters. The smallest absolute Gasteiger partial charge is 0.173 e. The number of nitrogens with zero attached hydrogens (tertiary/aromatic N) is 3. The van der Waals surface area contributed by atoms with E-state index in [1.165, 1.54) is 16.6 Å². The van der Waals surface area contributed by atoms with E-state index in [0.717, 1.165) is 39.0 Å². The van der Waals surface area contributed by atoms with Gasteiger partial charge in [0.2, 0.25) is 0 Å². The van der Waals surface area contributed by atoms with Crippen molar-refractivity contribution in [1.82, 2.24) is 9.13 Å². The molecule has 0 amide bonds. The molecule has 0 saturated carbocycles. The molecule has 1 aromatic carbocycles. The number of rotatable bonds is 0. The second-order valence-corrected chi connectivity index (χ2v) is 8.55. The highest BCUT2D eigenvalue weighted by atomic mass is 16.5. The van der Waals surface area contributed by atoms with Crippen LogP contribution in [0.15, 0.2) is 23.2 Å². The van der Waals surface area contributed by atoms with E-state index in [9.17, 15) is 9.59 Å². The molecule has 8 rings (SSSR count). The van der Waals surface area contributed by atoms with Crippen molar-refractivity contribution in [2.24, 2.45) is 4.99 Å². The first-order chi connectivity index (χ1) is 14.7. The van der Waals surface area contributed by atoms with E-state index < -0.39 is 0 Å². The Balaban J connectivity index is 1.76. The van der Waals surface area contributed by atoms with Crippen molar-refractivity contribution in [2.45, 2.75) is 31.7 Å². The summed E-state index contributed by atoms with van der Waals surface area (Å²) in [6.45, 7) is 0.589. The van der Waals surface area contributed by atoms with Crippen molar-refractivity contribution in [3.05, 3.63) is 51.2 Å². The number of ether oxygens (including phenoxy) is 1. The van der Waals surface area contributed by atoms with Crippen LogP contribution < -0.4 is 10.6 Å². The molecule has 3 aromatic rings. The zero-order valence-corrected chi connectivity index (χ0v) is 15.9. The maximum absolute atomic E-state index is 13.1. The van der Waals surface area contributed by atoms with Gasteiger partial charge in [-0.05, 0) is 6.08 Å². The Morgan fingerprint density at radius 1 is 1.10 bits per heavy atom. The summed E-state index contributed by atoms with van der Waals surface area (Å²) in [6.07, 6.45) is 14.6. The van der Waals surface area contributed by atoms with Gasteiger partial charge in [-0.15, -0.1) is 0 Å². The fraction of sp³-hybridized carbons (Fsp3) is 0.208. The van der Waals surface area contributed by atoms with Crippen LogP contribution in [0.2, 0.25) is 0 Å². The van der Waals surface area contributed by atoms with Crippen LogP contribution in [0.1, 0.15) is 39.8 Å². The van der Waals surface area contributed by atoms with Crippen molar-refractivity contribution in [2.75, 3.05) is 0 Å². The van der Waals surface area contributed by atoms with Crippen molar-refractivity contribution in [3.8, 4) is 0 Å². The van der Waals surface area contributed by atoms with E-state index in [1.807, 2.05) is 12.4 Å². The van der Waals surface area contributed by atoms with Crippen LogP contribution in [-0.4, -0.2) is 33.0 Å². The second kappa shape index (κ2) is 4.79. The molecule has 3 aliphatic heterocycles. The molecule has 0 fully saturated rings. The normalized spacial score (nSPS) is 25.5. The predicted molar refractivity (Wildman–Crippen MR) is 113 cm³/mol. The highest BCUT2D eigenvalue weighted by Crippen LogP contribution is 2.43. The Hall–Kier alpha value is -3.51. The molecule has 6 heteroatoms. The molecular weight excluding hydrogens is 378 g/mol. The van der Waals surface area contributed by atoms with Crippen molar-refractivity contribution in [3.63, 3.8) is 0 Å². The Morgan fingerprint density at radius 3 is 2.97 bits per heavy atom. The van der Waals surface area contributed by atoms with E-state index in [-0.39, 0.29) is 30.3 Å².